The van der Waals surface area contributed by atoms with E-state index in [0.717, 1.165) is 11.3 Å². The first-order valence-corrected chi connectivity index (χ1v) is 4.16. The molecule has 1 N–H and O–H groups in total. The molecule has 0 atom stereocenters. The van der Waals surface area contributed by atoms with Crippen LogP contribution in [-0.4, -0.2) is 20.2 Å². The van der Waals surface area contributed by atoms with Crippen LogP contribution in [0.2, 0.25) is 0 Å². The average molecular weight is 191 g/mol. The van der Waals surface area contributed by atoms with Crippen molar-refractivity contribution in [2.75, 3.05) is 0 Å². The lowest BCUT2D eigenvalue weighted by molar-refractivity contribution is 0.222. The van der Waals surface area contributed by atoms with Crippen LogP contribution in [0.15, 0.2) is 22.9 Å². The summed E-state index contributed by atoms with van der Waals surface area (Å²) in [6.45, 7) is 1.66. The van der Waals surface area contributed by atoms with Crippen molar-refractivity contribution >= 4 is 0 Å². The topological polar surface area (TPSA) is 72.0 Å². The van der Waals surface area contributed by atoms with Gasteiger partial charge in [-0.1, -0.05) is 5.16 Å². The molecule has 0 bridgehead atoms. The van der Waals surface area contributed by atoms with E-state index in [0.29, 0.717) is 5.82 Å². The van der Waals surface area contributed by atoms with Crippen LogP contribution in [0.5, 0.6) is 0 Å². The van der Waals surface area contributed by atoms with Crippen LogP contribution in [0.4, 0.5) is 0 Å². The van der Waals surface area contributed by atoms with Crippen LogP contribution in [0.1, 0.15) is 11.6 Å². The molecule has 0 saturated heterocycles. The smallest absolute Gasteiger partial charge is 0.252 e. The Morgan fingerprint density at radius 2 is 2.29 bits per heavy atom. The summed E-state index contributed by atoms with van der Waals surface area (Å²) in [6.07, 6.45) is 1.67. The Labute approximate surface area is 80.4 Å². The van der Waals surface area contributed by atoms with E-state index < -0.39 is 0 Å². The summed E-state index contributed by atoms with van der Waals surface area (Å²) in [4.78, 5) is 8.07. The molecule has 0 aliphatic carbocycles. The zero-order valence-electron chi connectivity index (χ0n) is 7.64. The third-order valence-corrected chi connectivity index (χ3v) is 1.77. The lowest BCUT2D eigenvalue weighted by atomic mass is 10.2. The molecule has 0 saturated carbocycles. The zero-order valence-corrected chi connectivity index (χ0v) is 7.64. The van der Waals surface area contributed by atoms with Crippen LogP contribution < -0.4 is 0 Å². The first-order chi connectivity index (χ1) is 6.79. The summed E-state index contributed by atoms with van der Waals surface area (Å²) in [6, 6.07) is 3.72. The van der Waals surface area contributed by atoms with Crippen LogP contribution in [0.25, 0.3) is 11.4 Å². The first-order valence-electron chi connectivity index (χ1n) is 4.16. The van der Waals surface area contributed by atoms with E-state index in [1.807, 2.05) is 19.1 Å². The van der Waals surface area contributed by atoms with E-state index in [1.54, 1.807) is 6.20 Å². The molecule has 0 aliphatic heterocycles. The molecule has 5 nitrogen and oxygen atoms in total. The fraction of sp³-hybridized carbons (Fsp3) is 0.222. The van der Waals surface area contributed by atoms with Gasteiger partial charge in [0.2, 0.25) is 5.82 Å². The third-order valence-electron chi connectivity index (χ3n) is 1.77. The van der Waals surface area contributed by atoms with Gasteiger partial charge in [0.25, 0.3) is 5.89 Å². The number of aliphatic hydroxyl groups is 1. The predicted molar refractivity (Wildman–Crippen MR) is 48.2 cm³/mol. The monoisotopic (exact) mass is 191 g/mol. The molecule has 2 aromatic rings. The van der Waals surface area contributed by atoms with Crippen LogP contribution in [0, 0.1) is 6.92 Å². The van der Waals surface area contributed by atoms with Gasteiger partial charge in [-0.2, -0.15) is 4.98 Å². The van der Waals surface area contributed by atoms with Gasteiger partial charge in [0, 0.05) is 17.5 Å². The molecule has 2 aromatic heterocycles. The van der Waals surface area contributed by atoms with Gasteiger partial charge in [-0.25, -0.2) is 0 Å². The number of aromatic nitrogens is 3. The normalized spacial score (nSPS) is 10.4. The molecule has 0 spiro atoms. The Hall–Kier alpha value is -1.75. The van der Waals surface area contributed by atoms with Crippen molar-refractivity contribution in [2.45, 2.75) is 13.5 Å². The number of hydrogen-bond acceptors (Lipinski definition) is 5. The van der Waals surface area contributed by atoms with Gasteiger partial charge in [0.15, 0.2) is 0 Å². The molecule has 0 amide bonds. The molecule has 0 radical (unpaired) electrons. The molecule has 0 unspecified atom stereocenters. The van der Waals surface area contributed by atoms with Crippen LogP contribution >= 0.6 is 0 Å². The Morgan fingerprint density at radius 1 is 1.43 bits per heavy atom. The third kappa shape index (κ3) is 1.62. The number of aliphatic hydroxyl groups excluding tert-OH is 1. The second kappa shape index (κ2) is 3.55. The van der Waals surface area contributed by atoms with Crippen molar-refractivity contribution in [1.82, 2.24) is 15.1 Å². The standard InChI is InChI=1S/C9H9N3O2/c1-6-2-3-7(4-10-6)9-11-8(5-13)14-12-9/h2-4,13H,5H2,1H3. The van der Waals surface area contributed by atoms with Crippen molar-refractivity contribution in [2.24, 2.45) is 0 Å². The maximum absolute atomic E-state index is 8.73. The Morgan fingerprint density at radius 3 is 2.86 bits per heavy atom. The summed E-state index contributed by atoms with van der Waals surface area (Å²) >= 11 is 0. The van der Waals surface area contributed by atoms with Crippen molar-refractivity contribution in [3.8, 4) is 11.4 Å². The van der Waals surface area contributed by atoms with Crippen LogP contribution in [0.3, 0.4) is 0 Å². The second-order valence-electron chi connectivity index (χ2n) is 2.86. The molecule has 5 heteroatoms. The maximum atomic E-state index is 8.73. The number of hydrogen-bond donors (Lipinski definition) is 1. The zero-order chi connectivity index (χ0) is 9.97. The minimum Gasteiger partial charge on any atom is -0.387 e. The van der Waals surface area contributed by atoms with Crippen molar-refractivity contribution in [1.29, 1.82) is 0 Å². The Balaban J connectivity index is 2.34. The van der Waals surface area contributed by atoms with E-state index in [-0.39, 0.29) is 12.5 Å². The molecule has 14 heavy (non-hydrogen) atoms. The lowest BCUT2D eigenvalue weighted by Crippen LogP contribution is -1.85. The maximum Gasteiger partial charge on any atom is 0.252 e. The van der Waals surface area contributed by atoms with Crippen molar-refractivity contribution < 1.29 is 9.63 Å². The molecular weight excluding hydrogens is 182 g/mol. The number of nitrogens with zero attached hydrogens (tertiary/aromatic N) is 3. The Bertz CT molecular complexity index is 422. The lowest BCUT2D eigenvalue weighted by Gasteiger charge is -1.93. The van der Waals surface area contributed by atoms with Gasteiger partial charge in [0.1, 0.15) is 6.61 Å². The minimum atomic E-state index is -0.244. The summed E-state index contributed by atoms with van der Waals surface area (Å²) < 4.78 is 4.76. The Kier molecular flexibility index (Phi) is 2.24. The van der Waals surface area contributed by atoms with Gasteiger partial charge >= 0.3 is 0 Å². The average Bonchev–Trinajstić information content (AvgIpc) is 2.67. The number of pyridine rings is 1. The fourth-order valence-electron chi connectivity index (χ4n) is 1.04. The van der Waals surface area contributed by atoms with E-state index >= 15 is 0 Å². The summed E-state index contributed by atoms with van der Waals surface area (Å²) in [5.41, 5.74) is 1.71. The van der Waals surface area contributed by atoms with Gasteiger partial charge < -0.3 is 9.63 Å². The van der Waals surface area contributed by atoms with Gasteiger partial charge in [-0.15, -0.1) is 0 Å². The summed E-state index contributed by atoms with van der Waals surface area (Å²) in [5.74, 6) is 0.655. The minimum absolute atomic E-state index is 0.209. The quantitative estimate of drug-likeness (QED) is 0.764. The largest absolute Gasteiger partial charge is 0.387 e. The predicted octanol–water partition coefficient (Wildman–Crippen LogP) is 0.932. The van der Waals surface area contributed by atoms with E-state index in [4.69, 9.17) is 9.63 Å². The molecular formula is C9H9N3O2. The fourth-order valence-corrected chi connectivity index (χ4v) is 1.04. The first kappa shape index (κ1) is 8.83. The highest BCUT2D eigenvalue weighted by Gasteiger charge is 2.06. The van der Waals surface area contributed by atoms with E-state index in [9.17, 15) is 0 Å². The van der Waals surface area contributed by atoms with Crippen molar-refractivity contribution in [3.05, 3.63) is 29.9 Å². The summed E-state index contributed by atoms with van der Waals surface area (Å²) in [7, 11) is 0. The molecule has 72 valence electrons. The summed E-state index contributed by atoms with van der Waals surface area (Å²) in [5, 5.41) is 12.4. The molecule has 2 heterocycles. The van der Waals surface area contributed by atoms with Gasteiger partial charge in [-0.3, -0.25) is 4.98 Å². The SMILES string of the molecule is Cc1ccc(-c2noc(CO)n2)cn1. The van der Waals surface area contributed by atoms with E-state index in [2.05, 4.69) is 15.1 Å². The number of rotatable bonds is 2. The molecule has 0 aliphatic rings. The highest BCUT2D eigenvalue weighted by atomic mass is 16.5. The van der Waals surface area contributed by atoms with Crippen LogP contribution in [-0.2, 0) is 6.61 Å². The highest BCUT2D eigenvalue weighted by Crippen LogP contribution is 2.14. The molecule has 0 fully saturated rings. The highest BCUT2D eigenvalue weighted by molar-refractivity contribution is 5.52. The van der Waals surface area contributed by atoms with E-state index in [1.165, 1.54) is 0 Å². The van der Waals surface area contributed by atoms with Gasteiger partial charge in [0.05, 0.1) is 0 Å². The van der Waals surface area contributed by atoms with Gasteiger partial charge in [-0.05, 0) is 19.1 Å². The molecule has 2 rings (SSSR count). The second-order valence-corrected chi connectivity index (χ2v) is 2.86. The van der Waals surface area contributed by atoms with Crippen molar-refractivity contribution in [3.63, 3.8) is 0 Å². The number of aryl methyl sites for hydroxylation is 1. The molecule has 0 aromatic carbocycles.